The van der Waals surface area contributed by atoms with Gasteiger partial charge in [0.1, 0.15) is 12.4 Å². The highest BCUT2D eigenvalue weighted by molar-refractivity contribution is 5.90. The second kappa shape index (κ2) is 8.32. The first kappa shape index (κ1) is 15.4. The molecule has 22 heavy (non-hydrogen) atoms. The molecule has 1 aromatic carbocycles. The largest absolute Gasteiger partial charge is 0.479 e. The number of amides is 2. The van der Waals surface area contributed by atoms with Crippen LogP contribution in [0.15, 0.2) is 48.8 Å². The zero-order valence-corrected chi connectivity index (χ0v) is 12.3. The van der Waals surface area contributed by atoms with Crippen LogP contribution in [0.2, 0.25) is 0 Å². The summed E-state index contributed by atoms with van der Waals surface area (Å²) in [6.45, 7) is 2.45. The molecule has 2 amide bonds. The lowest BCUT2D eigenvalue weighted by Gasteiger charge is -2.07. The predicted molar refractivity (Wildman–Crippen MR) is 85.7 cm³/mol. The zero-order chi connectivity index (χ0) is 15.6. The maximum absolute atomic E-state index is 11.7. The smallest absolute Gasteiger partial charge is 0.320 e. The fourth-order valence-corrected chi connectivity index (χ4v) is 1.67. The lowest BCUT2D eigenvalue weighted by molar-refractivity contribution is 0.253. The van der Waals surface area contributed by atoms with Gasteiger partial charge < -0.3 is 15.4 Å². The molecule has 0 spiro atoms. The Morgan fingerprint density at radius 2 is 2.09 bits per heavy atom. The number of carbonyl (C=O) groups is 1. The van der Waals surface area contributed by atoms with Crippen molar-refractivity contribution in [1.29, 1.82) is 0 Å². The molecule has 0 bridgehead atoms. The Balaban J connectivity index is 1.67. The van der Waals surface area contributed by atoms with E-state index >= 15 is 0 Å². The molecule has 1 aromatic heterocycles. The second-order valence-electron chi connectivity index (χ2n) is 4.45. The number of aromatic nitrogens is 1. The molecule has 0 saturated heterocycles. The number of aryl methyl sites for hydroxylation is 1. The molecule has 0 atom stereocenters. The molecule has 0 aliphatic rings. The van der Waals surface area contributed by atoms with E-state index in [4.69, 9.17) is 4.74 Å². The van der Waals surface area contributed by atoms with Crippen molar-refractivity contribution in [2.24, 2.45) is 0 Å². The van der Waals surface area contributed by atoms with Gasteiger partial charge in [-0.3, -0.25) is 4.98 Å². The number of pyridine rings is 1. The number of para-hydroxylation sites is 1. The minimum absolute atomic E-state index is 0.257. The predicted octanol–water partition coefficient (Wildman–Crippen LogP) is 2.59. The van der Waals surface area contributed by atoms with Crippen LogP contribution in [0, 0.1) is 18.8 Å². The molecule has 2 rings (SSSR count). The molecule has 2 N–H and O–H groups in total. The Bertz CT molecular complexity index is 675. The molecule has 2 aromatic rings. The lowest BCUT2D eigenvalue weighted by atomic mass is 10.2. The minimum Gasteiger partial charge on any atom is -0.479 e. The minimum atomic E-state index is -0.281. The second-order valence-corrected chi connectivity index (χ2v) is 4.45. The van der Waals surface area contributed by atoms with E-state index in [1.165, 1.54) is 0 Å². The fourth-order valence-electron chi connectivity index (χ4n) is 1.67. The van der Waals surface area contributed by atoms with Crippen molar-refractivity contribution in [3.63, 3.8) is 0 Å². The van der Waals surface area contributed by atoms with Gasteiger partial charge in [0.25, 0.3) is 0 Å². The summed E-state index contributed by atoms with van der Waals surface area (Å²) in [5, 5.41) is 5.44. The highest BCUT2D eigenvalue weighted by Crippen LogP contribution is 2.12. The van der Waals surface area contributed by atoms with Crippen molar-refractivity contribution in [2.75, 3.05) is 18.5 Å². The summed E-state index contributed by atoms with van der Waals surface area (Å²) in [4.78, 5) is 15.6. The number of hydrogen-bond donors (Lipinski definition) is 2. The summed E-state index contributed by atoms with van der Waals surface area (Å²) in [6.07, 6.45) is 3.30. The fraction of sp³-hybridized carbons (Fsp3) is 0.176. The molecule has 0 aliphatic carbocycles. The number of carbonyl (C=O) groups excluding carboxylic acids is 1. The average molecular weight is 295 g/mol. The summed E-state index contributed by atoms with van der Waals surface area (Å²) in [6, 6.07) is 10.9. The number of urea groups is 1. The first-order valence-electron chi connectivity index (χ1n) is 6.85. The van der Waals surface area contributed by atoms with Gasteiger partial charge in [0.05, 0.1) is 12.7 Å². The van der Waals surface area contributed by atoms with Crippen LogP contribution < -0.4 is 15.4 Å². The monoisotopic (exact) mass is 295 g/mol. The van der Waals surface area contributed by atoms with E-state index < -0.39 is 0 Å². The average Bonchev–Trinajstić information content (AvgIpc) is 2.54. The molecule has 1 heterocycles. The van der Waals surface area contributed by atoms with Gasteiger partial charge in [0.15, 0.2) is 0 Å². The lowest BCUT2D eigenvalue weighted by Crippen LogP contribution is -2.29. The van der Waals surface area contributed by atoms with Crippen molar-refractivity contribution in [2.45, 2.75) is 6.92 Å². The van der Waals surface area contributed by atoms with Gasteiger partial charge >= 0.3 is 6.03 Å². The van der Waals surface area contributed by atoms with Crippen LogP contribution in [0.1, 0.15) is 5.56 Å². The molecule has 0 saturated carbocycles. The van der Waals surface area contributed by atoms with Gasteiger partial charge in [0.2, 0.25) is 0 Å². The van der Waals surface area contributed by atoms with E-state index in [2.05, 4.69) is 27.5 Å². The Morgan fingerprint density at radius 1 is 1.23 bits per heavy atom. The highest BCUT2D eigenvalue weighted by atomic mass is 16.5. The highest BCUT2D eigenvalue weighted by Gasteiger charge is 2.01. The van der Waals surface area contributed by atoms with Crippen LogP contribution >= 0.6 is 0 Å². The van der Waals surface area contributed by atoms with E-state index in [9.17, 15) is 4.79 Å². The maximum atomic E-state index is 11.7. The third-order valence-electron chi connectivity index (χ3n) is 2.80. The summed E-state index contributed by atoms with van der Waals surface area (Å²) < 4.78 is 5.36. The molecular weight excluding hydrogens is 278 g/mol. The molecular formula is C17H17N3O2. The van der Waals surface area contributed by atoms with E-state index in [0.717, 1.165) is 11.3 Å². The van der Waals surface area contributed by atoms with Gasteiger partial charge in [-0.25, -0.2) is 4.79 Å². The van der Waals surface area contributed by atoms with Crippen molar-refractivity contribution in [1.82, 2.24) is 10.3 Å². The van der Waals surface area contributed by atoms with Crippen molar-refractivity contribution in [3.8, 4) is 17.6 Å². The van der Waals surface area contributed by atoms with Gasteiger partial charge in [-0.2, -0.15) is 0 Å². The Kier molecular flexibility index (Phi) is 5.82. The van der Waals surface area contributed by atoms with Crippen LogP contribution in [0.4, 0.5) is 10.5 Å². The Labute approximate surface area is 129 Å². The number of nitrogens with zero attached hydrogens (tertiary/aromatic N) is 1. The van der Waals surface area contributed by atoms with Gasteiger partial charge in [0, 0.05) is 11.9 Å². The van der Waals surface area contributed by atoms with Crippen LogP contribution in [0.3, 0.4) is 0 Å². The normalized spacial score (nSPS) is 9.32. The quantitative estimate of drug-likeness (QED) is 0.852. The molecule has 0 unspecified atom stereocenters. The SMILES string of the molecule is Cc1ccccc1NC(=O)NCC#CCOc1cccnc1. The summed E-state index contributed by atoms with van der Waals surface area (Å²) in [7, 11) is 0. The third kappa shape index (κ3) is 5.17. The standard InChI is InChI=1S/C17H17N3O2/c1-14-7-2-3-9-16(14)20-17(21)19-11-4-5-12-22-15-8-6-10-18-13-15/h2-3,6-10,13H,11-12H2,1H3,(H2,19,20,21). The molecule has 5 nitrogen and oxygen atoms in total. The Morgan fingerprint density at radius 3 is 2.86 bits per heavy atom. The number of benzene rings is 1. The first-order valence-corrected chi connectivity index (χ1v) is 6.85. The van der Waals surface area contributed by atoms with Gasteiger partial charge in [-0.1, -0.05) is 30.0 Å². The topological polar surface area (TPSA) is 63.2 Å². The molecule has 0 radical (unpaired) electrons. The zero-order valence-electron chi connectivity index (χ0n) is 12.3. The van der Waals surface area contributed by atoms with Gasteiger partial charge in [-0.15, -0.1) is 0 Å². The maximum Gasteiger partial charge on any atom is 0.320 e. The first-order chi connectivity index (χ1) is 10.8. The number of nitrogens with one attached hydrogen (secondary N) is 2. The summed E-state index contributed by atoms with van der Waals surface area (Å²) in [5.74, 6) is 6.31. The number of ether oxygens (including phenoxy) is 1. The molecule has 5 heteroatoms. The van der Waals surface area contributed by atoms with Gasteiger partial charge in [-0.05, 0) is 30.7 Å². The molecule has 112 valence electrons. The van der Waals surface area contributed by atoms with Crippen LogP contribution in [0.25, 0.3) is 0 Å². The third-order valence-corrected chi connectivity index (χ3v) is 2.80. The summed E-state index contributed by atoms with van der Waals surface area (Å²) in [5.41, 5.74) is 1.79. The number of rotatable bonds is 4. The van der Waals surface area contributed by atoms with E-state index in [1.807, 2.05) is 37.3 Å². The number of hydrogen-bond acceptors (Lipinski definition) is 3. The van der Waals surface area contributed by atoms with Crippen molar-refractivity contribution >= 4 is 11.7 Å². The number of anilines is 1. The van der Waals surface area contributed by atoms with E-state index in [-0.39, 0.29) is 19.2 Å². The molecule has 0 aliphatic heterocycles. The van der Waals surface area contributed by atoms with Crippen molar-refractivity contribution < 1.29 is 9.53 Å². The van der Waals surface area contributed by atoms with Crippen LogP contribution in [0.5, 0.6) is 5.75 Å². The van der Waals surface area contributed by atoms with Crippen LogP contribution in [-0.2, 0) is 0 Å². The van der Waals surface area contributed by atoms with E-state index in [0.29, 0.717) is 5.75 Å². The Hall–Kier alpha value is -3.00. The molecule has 0 fully saturated rings. The van der Waals surface area contributed by atoms with Crippen molar-refractivity contribution in [3.05, 3.63) is 54.4 Å². The van der Waals surface area contributed by atoms with Crippen LogP contribution in [-0.4, -0.2) is 24.2 Å². The summed E-state index contributed by atoms with van der Waals surface area (Å²) >= 11 is 0. The van der Waals surface area contributed by atoms with E-state index in [1.54, 1.807) is 18.5 Å².